The molecule has 17 heavy (non-hydrogen) atoms. The molecule has 0 spiro atoms. The number of hydrogen-bond acceptors (Lipinski definition) is 4. The Kier molecular flexibility index (Phi) is 5.36. The first kappa shape index (κ1) is 14.4. The van der Waals surface area contributed by atoms with Gasteiger partial charge in [-0.25, -0.2) is 0 Å². The third kappa shape index (κ3) is 4.61. The second kappa shape index (κ2) is 6.33. The van der Waals surface area contributed by atoms with Crippen LogP contribution in [0.3, 0.4) is 0 Å². The Morgan fingerprint density at radius 3 is 2.59 bits per heavy atom. The minimum atomic E-state index is -0.824. The van der Waals surface area contributed by atoms with Crippen LogP contribution in [0.2, 0.25) is 0 Å². The normalized spacial score (nSPS) is 21.2. The number of carbonyl (C=O) groups excluding carboxylic acids is 1. The Morgan fingerprint density at radius 2 is 2.06 bits per heavy atom. The van der Waals surface area contributed by atoms with E-state index in [4.69, 9.17) is 10.5 Å². The van der Waals surface area contributed by atoms with Crippen LogP contribution in [0.1, 0.15) is 33.1 Å². The van der Waals surface area contributed by atoms with Gasteiger partial charge in [0.25, 0.3) is 0 Å². The number of carbonyl (C=O) groups is 1. The zero-order valence-electron chi connectivity index (χ0n) is 10.7. The number of nitrogens with two attached hydrogens (primary N) is 1. The van der Waals surface area contributed by atoms with Crippen molar-refractivity contribution in [2.24, 2.45) is 11.7 Å². The topological polar surface area (TPSA) is 84.6 Å². The molecule has 1 heterocycles. The molecule has 1 saturated heterocycles. The lowest BCUT2D eigenvalue weighted by atomic mass is 9.90. The van der Waals surface area contributed by atoms with Crippen LogP contribution in [0.25, 0.3) is 0 Å². The van der Waals surface area contributed by atoms with Crippen LogP contribution in [0.15, 0.2) is 0 Å². The predicted octanol–water partition coefficient (Wildman–Crippen LogP) is 0.0175. The van der Waals surface area contributed by atoms with Gasteiger partial charge in [0.2, 0.25) is 5.91 Å². The lowest BCUT2D eigenvalue weighted by molar-refractivity contribution is -0.130. The molecule has 0 aromatic rings. The predicted molar refractivity (Wildman–Crippen MR) is 65.4 cm³/mol. The van der Waals surface area contributed by atoms with Crippen molar-refractivity contribution in [3.05, 3.63) is 0 Å². The van der Waals surface area contributed by atoms with Crippen LogP contribution in [0.5, 0.6) is 0 Å². The van der Waals surface area contributed by atoms with Crippen molar-refractivity contribution in [3.63, 3.8) is 0 Å². The average Bonchev–Trinajstić information content (AvgIpc) is 2.26. The van der Waals surface area contributed by atoms with Crippen LogP contribution >= 0.6 is 0 Å². The Morgan fingerprint density at radius 1 is 1.47 bits per heavy atom. The summed E-state index contributed by atoms with van der Waals surface area (Å²) in [6, 6.07) is 0. The van der Waals surface area contributed by atoms with Crippen LogP contribution in [0.4, 0.5) is 0 Å². The van der Waals surface area contributed by atoms with E-state index in [9.17, 15) is 9.90 Å². The van der Waals surface area contributed by atoms with Gasteiger partial charge in [0.05, 0.1) is 11.6 Å². The van der Waals surface area contributed by atoms with E-state index in [0.29, 0.717) is 38.4 Å². The number of hydrogen-bond donors (Lipinski definition) is 3. The van der Waals surface area contributed by atoms with E-state index in [1.165, 1.54) is 0 Å². The summed E-state index contributed by atoms with van der Waals surface area (Å²) in [7, 11) is 0. The molecule has 1 amide bonds. The van der Waals surface area contributed by atoms with Crippen LogP contribution in [0, 0.1) is 5.92 Å². The SMILES string of the molecule is CC(C)CC(O)CNC(=O)C1(N)CCOCC1. The molecule has 1 fully saturated rings. The molecule has 4 N–H and O–H groups in total. The Labute approximate surface area is 103 Å². The van der Waals surface area contributed by atoms with Crippen LogP contribution in [-0.2, 0) is 9.53 Å². The number of aliphatic hydroxyl groups is 1. The minimum absolute atomic E-state index is 0.177. The number of rotatable bonds is 5. The first-order valence-electron chi connectivity index (χ1n) is 6.27. The zero-order valence-corrected chi connectivity index (χ0v) is 10.7. The minimum Gasteiger partial charge on any atom is -0.391 e. The van der Waals surface area contributed by atoms with E-state index in [1.807, 2.05) is 13.8 Å². The maximum atomic E-state index is 11.9. The third-order valence-corrected chi connectivity index (χ3v) is 3.08. The van der Waals surface area contributed by atoms with Crippen molar-refractivity contribution in [1.29, 1.82) is 0 Å². The van der Waals surface area contributed by atoms with E-state index in [-0.39, 0.29) is 12.5 Å². The molecule has 1 aliphatic heterocycles. The molecular formula is C12H24N2O3. The van der Waals surface area contributed by atoms with E-state index in [0.717, 1.165) is 0 Å². The quantitative estimate of drug-likeness (QED) is 0.636. The molecular weight excluding hydrogens is 220 g/mol. The molecule has 1 rings (SSSR count). The van der Waals surface area contributed by atoms with Crippen molar-refractivity contribution >= 4 is 5.91 Å². The Balaban J connectivity index is 2.33. The molecule has 5 nitrogen and oxygen atoms in total. The summed E-state index contributed by atoms with van der Waals surface area (Å²) in [6.45, 7) is 5.40. The summed E-state index contributed by atoms with van der Waals surface area (Å²) in [6.07, 6.45) is 1.27. The van der Waals surface area contributed by atoms with Crippen LogP contribution in [-0.4, -0.2) is 42.4 Å². The maximum Gasteiger partial charge on any atom is 0.240 e. The molecule has 1 aliphatic rings. The highest BCUT2D eigenvalue weighted by Crippen LogP contribution is 2.17. The monoisotopic (exact) mass is 244 g/mol. The second-order valence-corrected chi connectivity index (χ2v) is 5.26. The fraction of sp³-hybridized carbons (Fsp3) is 0.917. The number of aliphatic hydroxyl groups excluding tert-OH is 1. The molecule has 1 atom stereocenters. The smallest absolute Gasteiger partial charge is 0.240 e. The van der Waals surface area contributed by atoms with Gasteiger partial charge in [-0.05, 0) is 25.2 Å². The lowest BCUT2D eigenvalue weighted by Gasteiger charge is -2.32. The van der Waals surface area contributed by atoms with E-state index >= 15 is 0 Å². The summed E-state index contributed by atoms with van der Waals surface area (Å²) < 4.78 is 5.18. The van der Waals surface area contributed by atoms with Gasteiger partial charge in [-0.1, -0.05) is 13.8 Å². The average molecular weight is 244 g/mol. The highest BCUT2D eigenvalue weighted by molar-refractivity contribution is 5.86. The highest BCUT2D eigenvalue weighted by atomic mass is 16.5. The third-order valence-electron chi connectivity index (χ3n) is 3.08. The maximum absolute atomic E-state index is 11.9. The van der Waals surface area contributed by atoms with E-state index < -0.39 is 11.6 Å². The molecule has 0 aliphatic carbocycles. The fourth-order valence-corrected chi connectivity index (χ4v) is 1.98. The van der Waals surface area contributed by atoms with Gasteiger partial charge in [0, 0.05) is 19.8 Å². The molecule has 0 saturated carbocycles. The molecule has 0 aromatic heterocycles. The standard InChI is InChI=1S/C12H24N2O3/c1-9(2)7-10(15)8-14-11(16)12(13)3-5-17-6-4-12/h9-10,15H,3-8,13H2,1-2H3,(H,14,16). The lowest BCUT2D eigenvalue weighted by Crippen LogP contribution is -2.57. The largest absolute Gasteiger partial charge is 0.391 e. The first-order valence-corrected chi connectivity index (χ1v) is 6.27. The molecule has 100 valence electrons. The molecule has 0 aromatic carbocycles. The number of ether oxygens (including phenoxy) is 1. The Hall–Kier alpha value is -0.650. The Bertz CT molecular complexity index is 250. The molecule has 0 bridgehead atoms. The van der Waals surface area contributed by atoms with Crippen molar-refractivity contribution in [2.45, 2.75) is 44.8 Å². The van der Waals surface area contributed by atoms with Gasteiger partial charge in [0.1, 0.15) is 0 Å². The number of nitrogens with one attached hydrogen (secondary N) is 1. The van der Waals surface area contributed by atoms with Gasteiger partial charge < -0.3 is 20.9 Å². The summed E-state index contributed by atoms with van der Waals surface area (Å²) in [5, 5.41) is 12.4. The molecule has 0 radical (unpaired) electrons. The number of amides is 1. The first-order chi connectivity index (χ1) is 7.94. The summed E-state index contributed by atoms with van der Waals surface area (Å²) in [4.78, 5) is 11.9. The summed E-state index contributed by atoms with van der Waals surface area (Å²) >= 11 is 0. The van der Waals surface area contributed by atoms with E-state index in [2.05, 4.69) is 5.32 Å². The van der Waals surface area contributed by atoms with Gasteiger partial charge >= 0.3 is 0 Å². The second-order valence-electron chi connectivity index (χ2n) is 5.26. The van der Waals surface area contributed by atoms with Gasteiger partial charge in [-0.3, -0.25) is 4.79 Å². The van der Waals surface area contributed by atoms with Crippen molar-refractivity contribution in [1.82, 2.24) is 5.32 Å². The van der Waals surface area contributed by atoms with Crippen molar-refractivity contribution in [2.75, 3.05) is 19.8 Å². The highest BCUT2D eigenvalue weighted by Gasteiger charge is 2.35. The van der Waals surface area contributed by atoms with E-state index in [1.54, 1.807) is 0 Å². The summed E-state index contributed by atoms with van der Waals surface area (Å²) in [5.74, 6) is 0.237. The van der Waals surface area contributed by atoms with Gasteiger partial charge in [0.15, 0.2) is 0 Å². The van der Waals surface area contributed by atoms with Crippen molar-refractivity contribution in [3.8, 4) is 0 Å². The van der Waals surface area contributed by atoms with Crippen molar-refractivity contribution < 1.29 is 14.6 Å². The summed E-state index contributed by atoms with van der Waals surface area (Å²) in [5.41, 5.74) is 5.19. The molecule has 5 heteroatoms. The fourth-order valence-electron chi connectivity index (χ4n) is 1.98. The molecule has 1 unspecified atom stereocenters. The van der Waals surface area contributed by atoms with Gasteiger partial charge in [-0.2, -0.15) is 0 Å². The van der Waals surface area contributed by atoms with Gasteiger partial charge in [-0.15, -0.1) is 0 Å². The van der Waals surface area contributed by atoms with Crippen LogP contribution < -0.4 is 11.1 Å². The zero-order chi connectivity index (χ0) is 12.9.